The molecular weight excluding hydrogens is 206 g/mol. The van der Waals surface area contributed by atoms with Crippen molar-refractivity contribution in [3.63, 3.8) is 0 Å². The first-order valence-electron chi connectivity index (χ1n) is 4.55. The fourth-order valence-corrected chi connectivity index (χ4v) is 1.74. The van der Waals surface area contributed by atoms with Crippen molar-refractivity contribution in [3.8, 4) is 0 Å². The topological polar surface area (TPSA) is 83.5 Å². The zero-order valence-corrected chi connectivity index (χ0v) is 9.47. The summed E-state index contributed by atoms with van der Waals surface area (Å²) in [7, 11) is -3.50. The summed E-state index contributed by atoms with van der Waals surface area (Å²) in [6.07, 6.45) is 0.929. The molecule has 0 aromatic rings. The maximum absolute atomic E-state index is 11.3. The number of carboxylic acids is 1. The molecular formula is C8H17NO4S. The monoisotopic (exact) mass is 223 g/mol. The van der Waals surface area contributed by atoms with Crippen LogP contribution in [-0.2, 0) is 14.8 Å². The van der Waals surface area contributed by atoms with Gasteiger partial charge in [-0.3, -0.25) is 4.79 Å². The van der Waals surface area contributed by atoms with Gasteiger partial charge in [-0.2, -0.15) is 0 Å². The Morgan fingerprint density at radius 3 is 2.21 bits per heavy atom. The fourth-order valence-electron chi connectivity index (χ4n) is 0.856. The van der Waals surface area contributed by atoms with Crippen LogP contribution in [0.2, 0.25) is 0 Å². The van der Waals surface area contributed by atoms with Crippen molar-refractivity contribution in [2.24, 2.45) is 0 Å². The molecule has 0 bridgehead atoms. The van der Waals surface area contributed by atoms with Crippen LogP contribution < -0.4 is 4.72 Å². The van der Waals surface area contributed by atoms with Gasteiger partial charge in [-0.25, -0.2) is 13.1 Å². The standard InChI is InChI=1S/C8H17NO4S/c1-4-5-7(8(10)11)9-14(12,13)6(2)3/h6-7,9H,4-5H2,1-3H3,(H,10,11)/t7-/m0/s1. The number of carbonyl (C=O) groups is 1. The number of nitrogens with one attached hydrogen (secondary N) is 1. The summed E-state index contributed by atoms with van der Waals surface area (Å²) in [4.78, 5) is 10.7. The first-order valence-corrected chi connectivity index (χ1v) is 6.09. The minimum atomic E-state index is -3.50. The molecule has 0 fully saturated rings. The molecule has 0 aliphatic carbocycles. The highest BCUT2D eigenvalue weighted by molar-refractivity contribution is 7.90. The predicted octanol–water partition coefficient (Wildman–Crippen LogP) is 0.567. The van der Waals surface area contributed by atoms with E-state index in [9.17, 15) is 13.2 Å². The van der Waals surface area contributed by atoms with E-state index in [2.05, 4.69) is 4.72 Å². The first kappa shape index (κ1) is 13.4. The molecule has 1 atom stereocenters. The highest BCUT2D eigenvalue weighted by Gasteiger charge is 2.25. The zero-order valence-electron chi connectivity index (χ0n) is 8.65. The predicted molar refractivity (Wildman–Crippen MR) is 53.5 cm³/mol. The molecule has 2 N–H and O–H groups in total. The third kappa shape index (κ3) is 4.06. The molecule has 0 amide bonds. The van der Waals surface area contributed by atoms with Gasteiger partial charge in [0.2, 0.25) is 10.0 Å². The Bertz CT molecular complexity index is 284. The molecule has 5 nitrogen and oxygen atoms in total. The van der Waals surface area contributed by atoms with Crippen LogP contribution in [0.25, 0.3) is 0 Å². The average Bonchev–Trinajstić information content (AvgIpc) is 2.02. The van der Waals surface area contributed by atoms with E-state index in [-0.39, 0.29) is 0 Å². The van der Waals surface area contributed by atoms with Crippen LogP contribution in [0.4, 0.5) is 0 Å². The molecule has 0 aliphatic heterocycles. The number of aliphatic carboxylic acids is 1. The van der Waals surface area contributed by atoms with Crippen LogP contribution in [0.3, 0.4) is 0 Å². The van der Waals surface area contributed by atoms with Gasteiger partial charge in [0.15, 0.2) is 0 Å². The number of carboxylic acid groups (broad SMARTS) is 1. The molecule has 0 aromatic carbocycles. The number of rotatable bonds is 6. The lowest BCUT2D eigenvalue weighted by molar-refractivity contribution is -0.139. The summed E-state index contributed by atoms with van der Waals surface area (Å²) < 4.78 is 24.9. The molecule has 0 aromatic heterocycles. The van der Waals surface area contributed by atoms with Crippen LogP contribution in [-0.4, -0.2) is 30.8 Å². The zero-order chi connectivity index (χ0) is 11.4. The molecule has 0 unspecified atom stereocenters. The number of sulfonamides is 1. The lowest BCUT2D eigenvalue weighted by atomic mass is 10.2. The summed E-state index contributed by atoms with van der Waals surface area (Å²) >= 11 is 0. The van der Waals surface area contributed by atoms with Crippen LogP contribution >= 0.6 is 0 Å². The van der Waals surface area contributed by atoms with Crippen molar-refractivity contribution in [1.82, 2.24) is 4.72 Å². The SMILES string of the molecule is CCC[C@H](NS(=O)(=O)C(C)C)C(=O)O. The van der Waals surface area contributed by atoms with Gasteiger partial charge in [-0.15, -0.1) is 0 Å². The van der Waals surface area contributed by atoms with Crippen LogP contribution in [0.5, 0.6) is 0 Å². The second-order valence-corrected chi connectivity index (χ2v) is 5.66. The van der Waals surface area contributed by atoms with Gasteiger partial charge in [0.1, 0.15) is 6.04 Å². The largest absolute Gasteiger partial charge is 0.480 e. The summed E-state index contributed by atoms with van der Waals surface area (Å²) in [5.74, 6) is -1.13. The highest BCUT2D eigenvalue weighted by atomic mass is 32.2. The van der Waals surface area contributed by atoms with Crippen molar-refractivity contribution in [3.05, 3.63) is 0 Å². The van der Waals surface area contributed by atoms with E-state index in [1.54, 1.807) is 6.92 Å². The minimum absolute atomic E-state index is 0.307. The fraction of sp³-hybridized carbons (Fsp3) is 0.875. The average molecular weight is 223 g/mol. The normalized spacial score (nSPS) is 14.3. The Balaban J connectivity index is 4.53. The molecule has 0 radical (unpaired) electrons. The summed E-state index contributed by atoms with van der Waals surface area (Å²) in [5, 5.41) is 8.11. The van der Waals surface area contributed by atoms with Crippen molar-refractivity contribution in [2.75, 3.05) is 0 Å². The maximum atomic E-state index is 11.3. The Labute approximate surface area is 84.6 Å². The maximum Gasteiger partial charge on any atom is 0.321 e. The lowest BCUT2D eigenvalue weighted by Gasteiger charge is -2.15. The van der Waals surface area contributed by atoms with E-state index in [0.717, 1.165) is 0 Å². The van der Waals surface area contributed by atoms with Crippen LogP contribution in [0, 0.1) is 0 Å². The Morgan fingerprint density at radius 2 is 1.93 bits per heavy atom. The van der Waals surface area contributed by atoms with Crippen LogP contribution in [0.15, 0.2) is 0 Å². The molecule has 0 saturated heterocycles. The second kappa shape index (κ2) is 5.31. The van der Waals surface area contributed by atoms with Crippen molar-refractivity contribution < 1.29 is 18.3 Å². The minimum Gasteiger partial charge on any atom is -0.480 e. The van der Waals surface area contributed by atoms with Gasteiger partial charge in [0.25, 0.3) is 0 Å². The van der Waals surface area contributed by atoms with Gasteiger partial charge in [-0.05, 0) is 20.3 Å². The van der Waals surface area contributed by atoms with E-state index < -0.39 is 27.3 Å². The van der Waals surface area contributed by atoms with Gasteiger partial charge in [0, 0.05) is 0 Å². The van der Waals surface area contributed by atoms with Gasteiger partial charge >= 0.3 is 5.97 Å². The second-order valence-electron chi connectivity index (χ2n) is 3.39. The first-order chi connectivity index (χ1) is 6.31. The molecule has 84 valence electrons. The van der Waals surface area contributed by atoms with Crippen molar-refractivity contribution >= 4 is 16.0 Å². The molecule has 0 rings (SSSR count). The van der Waals surface area contributed by atoms with Crippen molar-refractivity contribution in [2.45, 2.75) is 44.9 Å². The molecule has 0 heterocycles. The summed E-state index contributed by atoms with van der Waals surface area (Å²) in [6.45, 7) is 4.82. The van der Waals surface area contributed by atoms with E-state index >= 15 is 0 Å². The Hall–Kier alpha value is -0.620. The van der Waals surface area contributed by atoms with Crippen LogP contribution in [0.1, 0.15) is 33.6 Å². The van der Waals surface area contributed by atoms with Crippen molar-refractivity contribution in [1.29, 1.82) is 0 Å². The lowest BCUT2D eigenvalue weighted by Crippen LogP contribution is -2.43. The van der Waals surface area contributed by atoms with Gasteiger partial charge in [0.05, 0.1) is 5.25 Å². The Morgan fingerprint density at radius 1 is 1.43 bits per heavy atom. The summed E-state index contributed by atoms with van der Waals surface area (Å²) in [5.41, 5.74) is 0. The molecule has 0 spiro atoms. The third-order valence-corrected chi connectivity index (χ3v) is 3.66. The summed E-state index contributed by atoms with van der Waals surface area (Å²) in [6, 6.07) is -1.01. The third-order valence-electron chi connectivity index (χ3n) is 1.80. The quantitative estimate of drug-likeness (QED) is 0.689. The van der Waals surface area contributed by atoms with E-state index in [1.807, 2.05) is 0 Å². The van der Waals surface area contributed by atoms with E-state index in [4.69, 9.17) is 5.11 Å². The van der Waals surface area contributed by atoms with E-state index in [0.29, 0.717) is 12.8 Å². The van der Waals surface area contributed by atoms with E-state index in [1.165, 1.54) is 13.8 Å². The molecule has 14 heavy (non-hydrogen) atoms. The number of hydrogen-bond acceptors (Lipinski definition) is 3. The van der Waals surface area contributed by atoms with Gasteiger partial charge in [-0.1, -0.05) is 13.3 Å². The smallest absolute Gasteiger partial charge is 0.321 e. The Kier molecular flexibility index (Phi) is 5.07. The molecule has 6 heteroatoms. The number of hydrogen-bond donors (Lipinski definition) is 2. The van der Waals surface area contributed by atoms with Gasteiger partial charge < -0.3 is 5.11 Å². The molecule has 0 saturated carbocycles. The highest BCUT2D eigenvalue weighted by Crippen LogP contribution is 2.03. The molecule has 0 aliphatic rings.